The maximum Gasteiger partial charge on any atom is 0.294 e. The molecule has 0 aliphatic carbocycles. The molecule has 2 saturated heterocycles. The summed E-state index contributed by atoms with van der Waals surface area (Å²) >= 11 is 7.35. The van der Waals surface area contributed by atoms with Crippen molar-refractivity contribution < 1.29 is 28.6 Å². The maximum atomic E-state index is 12.9. The smallest absolute Gasteiger partial charge is 0.294 e. The lowest BCUT2D eigenvalue weighted by Gasteiger charge is -2.28. The van der Waals surface area contributed by atoms with E-state index in [-0.39, 0.29) is 24.0 Å². The van der Waals surface area contributed by atoms with E-state index in [0.29, 0.717) is 48.4 Å². The number of carbonyl (C=O) groups excluding carboxylic acids is 3. The van der Waals surface area contributed by atoms with Gasteiger partial charge in [-0.05, 0) is 51.9 Å². The summed E-state index contributed by atoms with van der Waals surface area (Å²) < 4.78 is 16.9. The lowest BCUT2D eigenvalue weighted by atomic mass is 10.1. The fourth-order valence-electron chi connectivity index (χ4n) is 4.37. The molecule has 0 unspecified atom stereocenters. The standard InChI is InChI=1S/C28H25ClN2O6S/c1-35-23-14-18(13-22(29)26(23)37-17-20-7-4-6-19-5-2-3-8-21(19)20)15-24-27(33)31(28(34)38-24)16-25(32)30-9-11-36-12-10-30/h2-8,13-15H,9-12,16-17H2,1H3/b24-15+. The minimum Gasteiger partial charge on any atom is -0.493 e. The highest BCUT2D eigenvalue weighted by Gasteiger charge is 2.37. The summed E-state index contributed by atoms with van der Waals surface area (Å²) in [7, 11) is 1.51. The molecule has 2 aliphatic rings. The van der Waals surface area contributed by atoms with Crippen LogP contribution in [0.4, 0.5) is 4.79 Å². The third kappa shape index (κ3) is 5.50. The number of ether oxygens (including phenoxy) is 3. The van der Waals surface area contributed by atoms with Gasteiger partial charge in [0, 0.05) is 13.1 Å². The van der Waals surface area contributed by atoms with Gasteiger partial charge < -0.3 is 19.1 Å². The summed E-state index contributed by atoms with van der Waals surface area (Å²) in [5.74, 6) is -0.0311. The molecule has 3 amide bonds. The van der Waals surface area contributed by atoms with Gasteiger partial charge >= 0.3 is 0 Å². The van der Waals surface area contributed by atoms with Crippen molar-refractivity contribution in [2.75, 3.05) is 40.0 Å². The number of nitrogens with zero attached hydrogens (tertiary/aromatic N) is 2. The predicted octanol–water partition coefficient (Wildman–Crippen LogP) is 4.98. The highest BCUT2D eigenvalue weighted by Crippen LogP contribution is 2.39. The van der Waals surface area contributed by atoms with Gasteiger partial charge in [-0.3, -0.25) is 19.3 Å². The largest absolute Gasteiger partial charge is 0.493 e. The lowest BCUT2D eigenvalue weighted by Crippen LogP contribution is -2.46. The van der Waals surface area contributed by atoms with Crippen LogP contribution in [0.2, 0.25) is 5.02 Å². The third-order valence-electron chi connectivity index (χ3n) is 6.33. The molecule has 10 heteroatoms. The number of fused-ring (bicyclic) bond motifs is 1. The summed E-state index contributed by atoms with van der Waals surface area (Å²) in [6, 6.07) is 17.4. The Hall–Kier alpha value is -3.53. The summed E-state index contributed by atoms with van der Waals surface area (Å²) in [4.78, 5) is 40.8. The molecule has 5 rings (SSSR count). The molecular formula is C28H25ClN2O6S. The molecule has 0 atom stereocenters. The number of rotatable bonds is 7. The van der Waals surface area contributed by atoms with E-state index in [2.05, 4.69) is 0 Å². The van der Waals surface area contributed by atoms with E-state index in [1.165, 1.54) is 7.11 Å². The van der Waals surface area contributed by atoms with Crippen molar-refractivity contribution in [1.82, 2.24) is 9.80 Å². The second-order valence-corrected chi connectivity index (χ2v) is 10.1. The zero-order valence-corrected chi connectivity index (χ0v) is 22.2. The number of methoxy groups -OCH3 is 1. The first kappa shape index (κ1) is 26.1. The quantitative estimate of drug-likeness (QED) is 0.382. The summed E-state index contributed by atoms with van der Waals surface area (Å²) in [6.07, 6.45) is 1.56. The lowest BCUT2D eigenvalue weighted by molar-refractivity contribution is -0.139. The van der Waals surface area contributed by atoms with Crippen LogP contribution in [-0.2, 0) is 20.9 Å². The van der Waals surface area contributed by atoms with Crippen molar-refractivity contribution >= 4 is 57.3 Å². The van der Waals surface area contributed by atoms with Crippen molar-refractivity contribution in [1.29, 1.82) is 0 Å². The third-order valence-corrected chi connectivity index (χ3v) is 7.52. The highest BCUT2D eigenvalue weighted by molar-refractivity contribution is 8.18. The molecule has 8 nitrogen and oxygen atoms in total. The normalized spacial score (nSPS) is 16.9. The van der Waals surface area contributed by atoms with Crippen LogP contribution in [0.5, 0.6) is 11.5 Å². The molecule has 0 N–H and O–H groups in total. The van der Waals surface area contributed by atoms with Crippen LogP contribution in [0.15, 0.2) is 59.5 Å². The molecule has 3 aromatic rings. The van der Waals surface area contributed by atoms with Gasteiger partial charge in [0.05, 0.1) is 30.3 Å². The average Bonchev–Trinajstić information content (AvgIpc) is 3.19. The van der Waals surface area contributed by atoms with Gasteiger partial charge in [0.25, 0.3) is 11.1 Å². The molecule has 0 bridgehead atoms. The molecule has 0 spiro atoms. The van der Waals surface area contributed by atoms with Crippen molar-refractivity contribution in [3.63, 3.8) is 0 Å². The first-order chi connectivity index (χ1) is 18.4. The van der Waals surface area contributed by atoms with E-state index in [4.69, 9.17) is 25.8 Å². The summed E-state index contributed by atoms with van der Waals surface area (Å²) in [5, 5.41) is 2.01. The van der Waals surface area contributed by atoms with Crippen LogP contribution in [0, 0.1) is 0 Å². The molecule has 196 valence electrons. The number of hydrogen-bond donors (Lipinski definition) is 0. The minimum atomic E-state index is -0.520. The van der Waals surface area contributed by atoms with Gasteiger partial charge in [0.2, 0.25) is 5.91 Å². The molecular weight excluding hydrogens is 528 g/mol. The fourth-order valence-corrected chi connectivity index (χ4v) is 5.48. The SMILES string of the molecule is COc1cc(/C=C2/SC(=O)N(CC(=O)N3CCOCC3)C2=O)cc(Cl)c1OCc1cccc2ccccc12. The van der Waals surface area contributed by atoms with Crippen molar-refractivity contribution in [2.24, 2.45) is 0 Å². The van der Waals surface area contributed by atoms with Crippen LogP contribution >= 0.6 is 23.4 Å². The second-order valence-electron chi connectivity index (χ2n) is 8.72. The van der Waals surface area contributed by atoms with Crippen LogP contribution in [0.25, 0.3) is 16.8 Å². The van der Waals surface area contributed by atoms with Crippen LogP contribution < -0.4 is 9.47 Å². The van der Waals surface area contributed by atoms with E-state index in [9.17, 15) is 14.4 Å². The van der Waals surface area contributed by atoms with Gasteiger partial charge in [-0.25, -0.2) is 0 Å². The van der Waals surface area contributed by atoms with Gasteiger partial charge in [0.1, 0.15) is 13.2 Å². The van der Waals surface area contributed by atoms with Crippen LogP contribution in [-0.4, -0.2) is 66.8 Å². The first-order valence-electron chi connectivity index (χ1n) is 12.0. The number of morpholine rings is 1. The van der Waals surface area contributed by atoms with E-state index in [1.807, 2.05) is 42.5 Å². The Morgan fingerprint density at radius 1 is 1.11 bits per heavy atom. The van der Waals surface area contributed by atoms with Crippen LogP contribution in [0.3, 0.4) is 0 Å². The molecule has 2 heterocycles. The average molecular weight is 553 g/mol. The topological polar surface area (TPSA) is 85.4 Å². The number of amides is 3. The Kier molecular flexibility index (Phi) is 7.87. The van der Waals surface area contributed by atoms with Gasteiger partial charge in [0.15, 0.2) is 11.5 Å². The molecule has 3 aromatic carbocycles. The molecule has 38 heavy (non-hydrogen) atoms. The van der Waals surface area contributed by atoms with Gasteiger partial charge in [-0.15, -0.1) is 0 Å². The number of carbonyl (C=O) groups is 3. The van der Waals surface area contributed by atoms with Gasteiger partial charge in [-0.1, -0.05) is 54.1 Å². The summed E-state index contributed by atoms with van der Waals surface area (Å²) in [5.41, 5.74) is 1.57. The Balaban J connectivity index is 1.32. The van der Waals surface area contributed by atoms with Crippen molar-refractivity contribution in [2.45, 2.75) is 6.61 Å². The minimum absolute atomic E-state index is 0.201. The first-order valence-corrected chi connectivity index (χ1v) is 13.2. The number of hydrogen-bond acceptors (Lipinski definition) is 7. The predicted molar refractivity (Wildman–Crippen MR) is 146 cm³/mol. The van der Waals surface area contributed by atoms with E-state index in [0.717, 1.165) is 33.0 Å². The number of imide groups is 1. The molecule has 2 aliphatic heterocycles. The highest BCUT2D eigenvalue weighted by atomic mass is 35.5. The monoisotopic (exact) mass is 552 g/mol. The molecule has 0 radical (unpaired) electrons. The molecule has 0 saturated carbocycles. The Labute approximate surface area is 229 Å². The van der Waals surface area contributed by atoms with E-state index < -0.39 is 11.1 Å². The maximum absolute atomic E-state index is 12.9. The van der Waals surface area contributed by atoms with Crippen molar-refractivity contribution in [3.05, 3.63) is 75.7 Å². The zero-order chi connectivity index (χ0) is 26.6. The van der Waals surface area contributed by atoms with Crippen LogP contribution in [0.1, 0.15) is 11.1 Å². The Morgan fingerprint density at radius 2 is 1.87 bits per heavy atom. The van der Waals surface area contributed by atoms with Crippen molar-refractivity contribution in [3.8, 4) is 11.5 Å². The molecule has 2 fully saturated rings. The van der Waals surface area contributed by atoms with E-state index >= 15 is 0 Å². The fraction of sp³-hybridized carbons (Fsp3) is 0.250. The Bertz CT molecular complexity index is 1430. The number of benzene rings is 3. The van der Waals surface area contributed by atoms with E-state index in [1.54, 1.807) is 23.1 Å². The zero-order valence-electron chi connectivity index (χ0n) is 20.6. The Morgan fingerprint density at radius 3 is 2.66 bits per heavy atom. The molecule has 0 aromatic heterocycles. The summed E-state index contributed by atoms with van der Waals surface area (Å²) in [6.45, 7) is 1.76. The number of halogens is 1. The number of thioether (sulfide) groups is 1. The second kappa shape index (κ2) is 11.5. The van der Waals surface area contributed by atoms with Gasteiger partial charge in [-0.2, -0.15) is 0 Å².